The highest BCUT2D eigenvalue weighted by atomic mass is 16.5. The van der Waals surface area contributed by atoms with Crippen molar-refractivity contribution in [2.75, 3.05) is 59.1 Å². The number of aliphatic hydroxyl groups excluding tert-OH is 1. The zero-order chi connectivity index (χ0) is 13.2. The number of carboxylic acids is 1. The van der Waals surface area contributed by atoms with E-state index in [4.69, 9.17) is 14.9 Å². The minimum Gasteiger partial charge on any atom is -0.481 e. The molecule has 18 heavy (non-hydrogen) atoms. The molecular weight excluding hydrogens is 236 g/mol. The molecule has 6 nitrogen and oxygen atoms in total. The third-order valence-corrected chi connectivity index (χ3v) is 3.11. The number of aliphatic hydroxyl groups is 1. The van der Waals surface area contributed by atoms with Crippen molar-refractivity contribution in [1.29, 1.82) is 0 Å². The summed E-state index contributed by atoms with van der Waals surface area (Å²) >= 11 is 0. The second-order valence-corrected chi connectivity index (χ2v) is 4.52. The van der Waals surface area contributed by atoms with Gasteiger partial charge in [0, 0.05) is 45.9 Å². The quantitative estimate of drug-likeness (QED) is 0.581. The van der Waals surface area contributed by atoms with Crippen molar-refractivity contribution in [3.05, 3.63) is 0 Å². The maximum atomic E-state index is 10.6. The molecule has 2 N–H and O–H groups in total. The predicted molar refractivity (Wildman–Crippen MR) is 67.7 cm³/mol. The Kier molecular flexibility index (Phi) is 7.91. The van der Waals surface area contributed by atoms with Crippen molar-refractivity contribution >= 4 is 5.97 Å². The van der Waals surface area contributed by atoms with Crippen LogP contribution in [-0.2, 0) is 9.53 Å². The molecule has 0 aliphatic carbocycles. The number of hydrogen-bond acceptors (Lipinski definition) is 5. The number of carboxylic acid groups (broad SMARTS) is 1. The molecule has 1 aliphatic rings. The molecule has 0 atom stereocenters. The van der Waals surface area contributed by atoms with Crippen LogP contribution in [0.1, 0.15) is 12.8 Å². The van der Waals surface area contributed by atoms with Crippen molar-refractivity contribution in [1.82, 2.24) is 9.80 Å². The number of aliphatic carboxylic acids is 1. The topological polar surface area (TPSA) is 73.2 Å². The summed E-state index contributed by atoms with van der Waals surface area (Å²) in [5.41, 5.74) is 0. The van der Waals surface area contributed by atoms with Crippen LogP contribution < -0.4 is 0 Å². The Balaban J connectivity index is 2.22. The van der Waals surface area contributed by atoms with Gasteiger partial charge in [-0.2, -0.15) is 0 Å². The molecule has 1 heterocycles. The van der Waals surface area contributed by atoms with Crippen molar-refractivity contribution in [3.8, 4) is 0 Å². The van der Waals surface area contributed by atoms with E-state index in [1.54, 1.807) is 0 Å². The van der Waals surface area contributed by atoms with E-state index in [-0.39, 0.29) is 13.0 Å². The first-order valence-electron chi connectivity index (χ1n) is 6.57. The SMILES string of the molecule is O=C(O)CCN(CCCO)CCN1CCOCC1. The first kappa shape index (κ1) is 15.4. The van der Waals surface area contributed by atoms with E-state index in [1.807, 2.05) is 0 Å². The minimum absolute atomic E-state index is 0.154. The van der Waals surface area contributed by atoms with Gasteiger partial charge in [0.1, 0.15) is 0 Å². The minimum atomic E-state index is -0.768. The maximum Gasteiger partial charge on any atom is 0.304 e. The number of morpholine rings is 1. The lowest BCUT2D eigenvalue weighted by molar-refractivity contribution is -0.137. The number of ether oxygens (including phenoxy) is 1. The van der Waals surface area contributed by atoms with Crippen molar-refractivity contribution in [2.45, 2.75) is 12.8 Å². The molecule has 0 saturated carbocycles. The monoisotopic (exact) mass is 260 g/mol. The molecule has 0 aromatic carbocycles. The smallest absolute Gasteiger partial charge is 0.304 e. The summed E-state index contributed by atoms with van der Waals surface area (Å²) in [4.78, 5) is 15.0. The van der Waals surface area contributed by atoms with Gasteiger partial charge in [0.05, 0.1) is 19.6 Å². The molecule has 0 radical (unpaired) electrons. The number of carbonyl (C=O) groups is 1. The van der Waals surface area contributed by atoms with Crippen LogP contribution in [0.5, 0.6) is 0 Å². The summed E-state index contributed by atoms with van der Waals surface area (Å²) in [6.45, 7) is 6.73. The molecule has 0 spiro atoms. The van der Waals surface area contributed by atoms with Crippen molar-refractivity contribution in [3.63, 3.8) is 0 Å². The van der Waals surface area contributed by atoms with E-state index in [1.165, 1.54) is 0 Å². The highest BCUT2D eigenvalue weighted by molar-refractivity contribution is 5.66. The van der Waals surface area contributed by atoms with Crippen molar-refractivity contribution < 1.29 is 19.7 Å². The Labute approximate surface area is 108 Å². The number of rotatable bonds is 9. The third kappa shape index (κ3) is 6.90. The van der Waals surface area contributed by atoms with Gasteiger partial charge >= 0.3 is 5.97 Å². The van der Waals surface area contributed by atoms with Gasteiger partial charge in [-0.25, -0.2) is 0 Å². The molecule has 0 amide bonds. The van der Waals surface area contributed by atoms with Gasteiger partial charge in [0.15, 0.2) is 0 Å². The van der Waals surface area contributed by atoms with Crippen LogP contribution in [0.2, 0.25) is 0 Å². The Morgan fingerprint density at radius 2 is 1.94 bits per heavy atom. The van der Waals surface area contributed by atoms with Crippen LogP contribution in [0.25, 0.3) is 0 Å². The first-order chi connectivity index (χ1) is 8.72. The second-order valence-electron chi connectivity index (χ2n) is 4.52. The molecule has 1 fully saturated rings. The summed E-state index contributed by atoms with van der Waals surface area (Å²) in [5, 5.41) is 17.5. The fourth-order valence-corrected chi connectivity index (χ4v) is 1.99. The Morgan fingerprint density at radius 1 is 1.22 bits per heavy atom. The van der Waals surface area contributed by atoms with Crippen LogP contribution in [0.4, 0.5) is 0 Å². The van der Waals surface area contributed by atoms with Crippen LogP contribution in [0.15, 0.2) is 0 Å². The zero-order valence-electron chi connectivity index (χ0n) is 10.9. The van der Waals surface area contributed by atoms with Crippen LogP contribution in [-0.4, -0.2) is 85.1 Å². The lowest BCUT2D eigenvalue weighted by Crippen LogP contribution is -2.42. The van der Waals surface area contributed by atoms with Crippen LogP contribution in [0.3, 0.4) is 0 Å². The van der Waals surface area contributed by atoms with Gasteiger partial charge in [-0.05, 0) is 6.42 Å². The molecule has 0 bridgehead atoms. The largest absolute Gasteiger partial charge is 0.481 e. The highest BCUT2D eigenvalue weighted by Gasteiger charge is 2.13. The standard InChI is InChI=1S/C12H24N2O4/c15-9-1-3-13(4-2-12(16)17)5-6-14-7-10-18-11-8-14/h15H,1-11H2,(H,16,17). The highest BCUT2D eigenvalue weighted by Crippen LogP contribution is 2.00. The van der Waals surface area contributed by atoms with E-state index >= 15 is 0 Å². The lowest BCUT2D eigenvalue weighted by Gasteiger charge is -2.29. The molecule has 1 saturated heterocycles. The average Bonchev–Trinajstić information content (AvgIpc) is 2.39. The summed E-state index contributed by atoms with van der Waals surface area (Å²) in [7, 11) is 0. The van der Waals surface area contributed by atoms with Crippen molar-refractivity contribution in [2.24, 2.45) is 0 Å². The zero-order valence-corrected chi connectivity index (χ0v) is 10.9. The molecule has 1 rings (SSSR count). The fourth-order valence-electron chi connectivity index (χ4n) is 1.99. The second kappa shape index (κ2) is 9.27. The van der Waals surface area contributed by atoms with Crippen LogP contribution >= 0.6 is 0 Å². The van der Waals surface area contributed by atoms with Gasteiger partial charge in [-0.15, -0.1) is 0 Å². The predicted octanol–water partition coefficient (Wildman–Crippen LogP) is -0.522. The molecule has 0 aromatic rings. The molecule has 0 aromatic heterocycles. The molecule has 0 unspecified atom stereocenters. The van der Waals surface area contributed by atoms with Gasteiger partial charge in [-0.3, -0.25) is 9.69 Å². The summed E-state index contributed by atoms with van der Waals surface area (Å²) in [5.74, 6) is -0.768. The fraction of sp³-hybridized carbons (Fsp3) is 0.917. The molecule has 6 heteroatoms. The Morgan fingerprint density at radius 3 is 2.56 bits per heavy atom. The van der Waals surface area contributed by atoms with Crippen LogP contribution in [0, 0.1) is 0 Å². The number of nitrogens with zero attached hydrogens (tertiary/aromatic N) is 2. The van der Waals surface area contributed by atoms with E-state index in [2.05, 4.69) is 9.80 Å². The maximum absolute atomic E-state index is 10.6. The molecule has 106 valence electrons. The first-order valence-corrected chi connectivity index (χ1v) is 6.57. The number of hydrogen-bond donors (Lipinski definition) is 2. The van der Waals surface area contributed by atoms with E-state index in [0.717, 1.165) is 45.9 Å². The van der Waals surface area contributed by atoms with E-state index in [0.29, 0.717) is 13.0 Å². The van der Waals surface area contributed by atoms with Gasteiger partial charge < -0.3 is 19.8 Å². The van der Waals surface area contributed by atoms with Gasteiger partial charge in [0.25, 0.3) is 0 Å². The lowest BCUT2D eigenvalue weighted by atomic mass is 10.3. The normalized spacial score (nSPS) is 17.2. The van der Waals surface area contributed by atoms with Gasteiger partial charge in [0.2, 0.25) is 0 Å². The Hall–Kier alpha value is -0.690. The third-order valence-electron chi connectivity index (χ3n) is 3.11. The summed E-state index contributed by atoms with van der Waals surface area (Å²) in [6.07, 6.45) is 0.858. The Bertz CT molecular complexity index is 232. The average molecular weight is 260 g/mol. The summed E-state index contributed by atoms with van der Waals surface area (Å²) in [6, 6.07) is 0. The van der Waals surface area contributed by atoms with Gasteiger partial charge in [-0.1, -0.05) is 0 Å². The van der Waals surface area contributed by atoms with E-state index in [9.17, 15) is 4.79 Å². The molecule has 1 aliphatic heterocycles. The summed E-state index contributed by atoms with van der Waals surface area (Å²) < 4.78 is 5.28. The molecular formula is C12H24N2O4. The van der Waals surface area contributed by atoms with E-state index < -0.39 is 5.97 Å².